The van der Waals surface area contributed by atoms with E-state index in [1.165, 1.54) is 77.0 Å². The zero-order valence-corrected chi connectivity index (χ0v) is 38.8. The second-order valence-corrected chi connectivity index (χ2v) is 17.6. The van der Waals surface area contributed by atoms with E-state index in [1.807, 2.05) is 12.2 Å². The summed E-state index contributed by atoms with van der Waals surface area (Å²) in [6.45, 7) is 3.14. The quantitative estimate of drug-likeness (QED) is 0.0148. The third-order valence-electron chi connectivity index (χ3n) is 10.6. The summed E-state index contributed by atoms with van der Waals surface area (Å²) in [6, 6.07) is 0. The van der Waals surface area contributed by atoms with Crippen molar-refractivity contribution in [2.75, 3.05) is 13.2 Å². The minimum absolute atomic E-state index is 0.0177. The van der Waals surface area contributed by atoms with Crippen molar-refractivity contribution in [1.82, 2.24) is 0 Å². The molecule has 14 heteroatoms. The van der Waals surface area contributed by atoms with Crippen LogP contribution in [0.4, 0.5) is 0 Å². The Balaban J connectivity index is 2.49. The van der Waals surface area contributed by atoms with Crippen LogP contribution in [0.15, 0.2) is 60.8 Å². The van der Waals surface area contributed by atoms with Crippen molar-refractivity contribution in [3.63, 3.8) is 0 Å². The summed E-state index contributed by atoms with van der Waals surface area (Å²) < 4.78 is 33.5. The number of carbonyl (C=O) groups is 2. The van der Waals surface area contributed by atoms with Crippen LogP contribution in [0.2, 0.25) is 0 Å². The van der Waals surface area contributed by atoms with Crippen LogP contribution in [0.3, 0.4) is 0 Å². The van der Waals surface area contributed by atoms with Crippen molar-refractivity contribution in [2.45, 2.75) is 217 Å². The molecular weight excluding hydrogens is 815 g/mol. The fourth-order valence-corrected chi connectivity index (χ4v) is 7.82. The number of aliphatic hydroxyl groups excluding tert-OH is 5. The van der Waals surface area contributed by atoms with Gasteiger partial charge < -0.3 is 39.9 Å². The average molecular weight is 899 g/mol. The molecule has 0 aromatic rings. The van der Waals surface area contributed by atoms with Crippen molar-refractivity contribution in [3.8, 4) is 0 Å². The van der Waals surface area contributed by atoms with Crippen LogP contribution in [-0.2, 0) is 32.7 Å². The number of unbranched alkanes of at least 4 members (excludes halogenated alkanes) is 16. The highest BCUT2D eigenvalue weighted by atomic mass is 31.2. The van der Waals surface area contributed by atoms with Gasteiger partial charge in [0, 0.05) is 12.8 Å². The van der Waals surface area contributed by atoms with E-state index in [9.17, 15) is 44.6 Å². The first-order chi connectivity index (χ1) is 29.9. The Bertz CT molecular complexity index is 1320. The fraction of sp³-hybridized carbons (Fsp3) is 0.750. The minimum Gasteiger partial charge on any atom is -0.462 e. The molecule has 1 aliphatic rings. The van der Waals surface area contributed by atoms with Crippen molar-refractivity contribution < 1.29 is 63.1 Å². The number of rotatable bonds is 38. The van der Waals surface area contributed by atoms with Gasteiger partial charge >= 0.3 is 19.8 Å². The zero-order valence-electron chi connectivity index (χ0n) is 37.9. The molecule has 6 unspecified atom stereocenters. The van der Waals surface area contributed by atoms with Gasteiger partial charge in [-0.25, -0.2) is 4.57 Å². The molecule has 6 atom stereocenters. The largest absolute Gasteiger partial charge is 0.472 e. The number of esters is 2. The summed E-state index contributed by atoms with van der Waals surface area (Å²) in [5, 5.41) is 50.2. The fourth-order valence-electron chi connectivity index (χ4n) is 6.85. The summed E-state index contributed by atoms with van der Waals surface area (Å²) in [7, 11) is -5.13. The Hall–Kier alpha value is -2.45. The van der Waals surface area contributed by atoms with Gasteiger partial charge in [-0.3, -0.25) is 18.6 Å². The Morgan fingerprint density at radius 1 is 0.516 bits per heavy atom. The maximum Gasteiger partial charge on any atom is 0.472 e. The number of ether oxygens (including phenoxy) is 2. The molecular formula is C48H83O13P. The number of phosphoric acid groups is 1. The highest BCUT2D eigenvalue weighted by Crippen LogP contribution is 2.47. The van der Waals surface area contributed by atoms with Gasteiger partial charge in [-0.15, -0.1) is 0 Å². The van der Waals surface area contributed by atoms with Crippen molar-refractivity contribution >= 4 is 19.8 Å². The van der Waals surface area contributed by atoms with E-state index < -0.39 is 75.7 Å². The second-order valence-electron chi connectivity index (χ2n) is 16.2. The summed E-state index contributed by atoms with van der Waals surface area (Å²) in [4.78, 5) is 35.7. The molecule has 1 aliphatic carbocycles. The topological polar surface area (TPSA) is 210 Å². The molecule has 1 fully saturated rings. The Morgan fingerprint density at radius 2 is 0.919 bits per heavy atom. The molecule has 0 aromatic carbocycles. The van der Waals surface area contributed by atoms with E-state index in [-0.39, 0.29) is 12.8 Å². The van der Waals surface area contributed by atoms with Gasteiger partial charge in [0.05, 0.1) is 6.61 Å². The average Bonchev–Trinajstić information content (AvgIpc) is 3.25. The third-order valence-corrected chi connectivity index (χ3v) is 11.6. The summed E-state index contributed by atoms with van der Waals surface area (Å²) in [6.07, 6.45) is 32.8. The van der Waals surface area contributed by atoms with E-state index in [0.717, 1.165) is 51.4 Å². The molecule has 0 amide bonds. The zero-order chi connectivity index (χ0) is 45.7. The van der Waals surface area contributed by atoms with Gasteiger partial charge in [-0.2, -0.15) is 0 Å². The molecule has 1 saturated carbocycles. The number of hydrogen-bond acceptors (Lipinski definition) is 12. The van der Waals surface area contributed by atoms with Gasteiger partial charge in [0.2, 0.25) is 0 Å². The van der Waals surface area contributed by atoms with Crippen LogP contribution in [0.5, 0.6) is 0 Å². The lowest BCUT2D eigenvalue weighted by molar-refractivity contribution is -0.220. The monoisotopic (exact) mass is 899 g/mol. The number of phosphoric ester groups is 1. The van der Waals surface area contributed by atoms with Crippen LogP contribution in [0, 0.1) is 0 Å². The van der Waals surface area contributed by atoms with Crippen LogP contribution in [0.25, 0.3) is 0 Å². The number of allylic oxidation sites excluding steroid dienone is 10. The van der Waals surface area contributed by atoms with Crippen LogP contribution >= 0.6 is 7.82 Å². The molecule has 13 nitrogen and oxygen atoms in total. The van der Waals surface area contributed by atoms with Crippen molar-refractivity contribution in [2.24, 2.45) is 0 Å². The number of hydrogen-bond donors (Lipinski definition) is 6. The smallest absolute Gasteiger partial charge is 0.462 e. The van der Waals surface area contributed by atoms with Crippen LogP contribution < -0.4 is 0 Å². The van der Waals surface area contributed by atoms with Crippen LogP contribution in [-0.4, -0.2) is 98.3 Å². The molecule has 0 aliphatic heterocycles. The van der Waals surface area contributed by atoms with Gasteiger partial charge in [0.15, 0.2) is 6.10 Å². The number of carbonyl (C=O) groups excluding carboxylic acids is 2. The number of aliphatic hydroxyl groups is 5. The lowest BCUT2D eigenvalue weighted by atomic mass is 9.85. The van der Waals surface area contributed by atoms with Crippen molar-refractivity contribution in [1.29, 1.82) is 0 Å². The highest BCUT2D eigenvalue weighted by Gasteiger charge is 2.51. The maximum absolute atomic E-state index is 12.8. The molecule has 6 N–H and O–H groups in total. The molecule has 0 heterocycles. The summed E-state index contributed by atoms with van der Waals surface area (Å²) >= 11 is 0. The molecule has 0 spiro atoms. The standard InChI is InChI=1S/C48H83O13P/c1-3-5-7-9-11-13-15-17-19-21-23-25-27-29-31-33-35-37-42(50)60-40(39-59-62(56,57)61-48-46(54)44(52)43(51)45(53)47(48)55)38-58-41(49)36-34-32-30-28-26-24-22-20-18-16-14-12-10-8-6-4-2/h5,7,11,13,17,19,23,25,29,31,40,43-48,51-55H,3-4,6,8-10,12,14-16,18,20-22,24,26-28,30,32-39H2,1-2H3,(H,56,57)/b7-5-,13-11-,19-17-,25-23-,31-29-. The third kappa shape index (κ3) is 29.8. The van der Waals surface area contributed by atoms with E-state index in [4.69, 9.17) is 18.5 Å². The second kappa shape index (κ2) is 37.9. The maximum atomic E-state index is 12.8. The highest BCUT2D eigenvalue weighted by molar-refractivity contribution is 7.47. The van der Waals surface area contributed by atoms with E-state index in [1.54, 1.807) is 0 Å². The van der Waals surface area contributed by atoms with Crippen molar-refractivity contribution in [3.05, 3.63) is 60.8 Å². The van der Waals surface area contributed by atoms with E-state index in [0.29, 0.717) is 19.3 Å². The van der Waals surface area contributed by atoms with Gasteiger partial charge in [-0.1, -0.05) is 171 Å². The normalized spacial score (nSPS) is 22.4. The Kier molecular flexibility index (Phi) is 35.2. The summed E-state index contributed by atoms with van der Waals surface area (Å²) in [5.41, 5.74) is 0. The molecule has 0 aromatic heterocycles. The lowest BCUT2D eigenvalue weighted by Gasteiger charge is -2.41. The lowest BCUT2D eigenvalue weighted by Crippen LogP contribution is -2.64. The van der Waals surface area contributed by atoms with Gasteiger partial charge in [0.25, 0.3) is 0 Å². The van der Waals surface area contributed by atoms with E-state index >= 15 is 0 Å². The molecule has 0 saturated heterocycles. The molecule has 0 radical (unpaired) electrons. The Labute approximate surface area is 373 Å². The van der Waals surface area contributed by atoms with Crippen LogP contribution in [0.1, 0.15) is 174 Å². The predicted molar refractivity (Wildman–Crippen MR) is 244 cm³/mol. The van der Waals surface area contributed by atoms with Gasteiger partial charge in [0.1, 0.15) is 43.2 Å². The molecule has 1 rings (SSSR count). The first-order valence-corrected chi connectivity index (χ1v) is 25.1. The molecule has 0 bridgehead atoms. The van der Waals surface area contributed by atoms with Gasteiger partial charge in [-0.05, 0) is 51.4 Å². The minimum atomic E-state index is -5.13. The van der Waals surface area contributed by atoms with E-state index in [2.05, 4.69) is 62.5 Å². The molecule has 358 valence electrons. The first-order valence-electron chi connectivity index (χ1n) is 23.6. The predicted octanol–water partition coefficient (Wildman–Crippen LogP) is 9.33. The summed E-state index contributed by atoms with van der Waals surface area (Å²) in [5.74, 6) is -1.17. The SMILES string of the molecule is CC/C=C\C/C=C\C/C=C\C/C=C\C/C=C\CCCC(=O)OC(COC(=O)CCCCCCCCCCCCCCCCCC)COP(=O)(O)OC1C(O)C(O)C(O)C(O)C1O. The Morgan fingerprint density at radius 3 is 1.39 bits per heavy atom. The molecule has 62 heavy (non-hydrogen) atoms. The first kappa shape index (κ1) is 57.6.